The molecule has 25 heavy (non-hydrogen) atoms. The Morgan fingerprint density at radius 3 is 2.64 bits per heavy atom. The first-order chi connectivity index (χ1) is 12.1. The highest BCUT2D eigenvalue weighted by Crippen LogP contribution is 2.30. The summed E-state index contributed by atoms with van der Waals surface area (Å²) in [7, 11) is 0. The van der Waals surface area contributed by atoms with Gasteiger partial charge in [0.05, 0.1) is 12.1 Å². The topological polar surface area (TPSA) is 58.2 Å². The summed E-state index contributed by atoms with van der Waals surface area (Å²) in [4.78, 5) is 23.9. The molecule has 2 aromatic rings. The smallest absolute Gasteiger partial charge is 0.254 e. The van der Waals surface area contributed by atoms with Crippen LogP contribution in [-0.2, 0) is 11.2 Å². The molecule has 0 fully saturated rings. The number of fused-ring (bicyclic) bond motifs is 1. The van der Waals surface area contributed by atoms with Gasteiger partial charge in [0.1, 0.15) is 5.82 Å². The molecule has 0 aromatic heterocycles. The highest BCUT2D eigenvalue weighted by molar-refractivity contribution is 5.96. The van der Waals surface area contributed by atoms with Crippen molar-refractivity contribution in [2.45, 2.75) is 25.2 Å². The maximum absolute atomic E-state index is 13.5. The Hall–Kier alpha value is -2.69. The molecule has 2 N–H and O–H groups in total. The quantitative estimate of drug-likeness (QED) is 0.879. The molecule has 130 valence electrons. The third kappa shape index (κ3) is 4.24. The number of carbonyl (C=O) groups is 2. The number of halogens is 1. The van der Waals surface area contributed by atoms with Crippen molar-refractivity contribution in [3.8, 4) is 0 Å². The summed E-state index contributed by atoms with van der Waals surface area (Å²) in [6.45, 7) is 0.382. The Morgan fingerprint density at radius 2 is 1.80 bits per heavy atom. The second kappa shape index (κ2) is 7.92. The Balaban J connectivity index is 1.49. The van der Waals surface area contributed by atoms with E-state index in [-0.39, 0.29) is 18.0 Å². The number of rotatable bonds is 5. The Morgan fingerprint density at radius 1 is 1.04 bits per heavy atom. The summed E-state index contributed by atoms with van der Waals surface area (Å²) >= 11 is 0. The molecule has 0 saturated carbocycles. The highest BCUT2D eigenvalue weighted by Gasteiger charge is 2.20. The van der Waals surface area contributed by atoms with E-state index in [1.807, 2.05) is 12.1 Å². The number of carbonyl (C=O) groups excluding carboxylic acids is 2. The Labute approximate surface area is 146 Å². The molecule has 4 nitrogen and oxygen atoms in total. The van der Waals surface area contributed by atoms with Gasteiger partial charge in [0.15, 0.2) is 0 Å². The molecule has 2 aromatic carbocycles. The van der Waals surface area contributed by atoms with Crippen LogP contribution in [0.3, 0.4) is 0 Å². The van der Waals surface area contributed by atoms with Gasteiger partial charge in [-0.05, 0) is 42.5 Å². The SMILES string of the molecule is O=C(CNC(=O)c1ccccc1F)NCC1CCCc2ccccc21. The lowest BCUT2D eigenvalue weighted by Gasteiger charge is -2.25. The standard InChI is InChI=1S/C20H21FN2O2/c21-18-11-4-3-10-17(18)20(25)23-13-19(24)22-12-15-8-5-7-14-6-1-2-9-16(14)15/h1-4,6,9-11,15H,5,7-8,12-13H2,(H,22,24)(H,23,25). The van der Waals surface area contributed by atoms with Crippen molar-refractivity contribution in [2.75, 3.05) is 13.1 Å². The summed E-state index contributed by atoms with van der Waals surface area (Å²) in [6, 6.07) is 14.0. The molecular weight excluding hydrogens is 319 g/mol. The maximum Gasteiger partial charge on any atom is 0.254 e. The van der Waals surface area contributed by atoms with Crippen LogP contribution in [0.5, 0.6) is 0 Å². The Kier molecular flexibility index (Phi) is 5.43. The molecule has 1 aliphatic rings. The van der Waals surface area contributed by atoms with E-state index in [0.717, 1.165) is 19.3 Å². The van der Waals surface area contributed by atoms with Gasteiger partial charge in [0.2, 0.25) is 5.91 Å². The number of nitrogens with one attached hydrogen (secondary N) is 2. The average molecular weight is 340 g/mol. The van der Waals surface area contributed by atoms with Gasteiger partial charge in [-0.1, -0.05) is 36.4 Å². The minimum absolute atomic E-state index is 0.0588. The lowest BCUT2D eigenvalue weighted by Crippen LogP contribution is -2.39. The molecule has 0 saturated heterocycles. The van der Waals surface area contributed by atoms with Crippen molar-refractivity contribution in [2.24, 2.45) is 0 Å². The summed E-state index contributed by atoms with van der Waals surface area (Å²) < 4.78 is 13.5. The molecular formula is C20H21FN2O2. The molecule has 0 bridgehead atoms. The normalized spacial score (nSPS) is 16.0. The average Bonchev–Trinajstić information content (AvgIpc) is 2.64. The number of aryl methyl sites for hydroxylation is 1. The van der Waals surface area contributed by atoms with E-state index < -0.39 is 11.7 Å². The lowest BCUT2D eigenvalue weighted by molar-refractivity contribution is -0.120. The van der Waals surface area contributed by atoms with E-state index in [4.69, 9.17) is 0 Å². The van der Waals surface area contributed by atoms with Crippen molar-refractivity contribution in [1.82, 2.24) is 10.6 Å². The van der Waals surface area contributed by atoms with E-state index >= 15 is 0 Å². The molecule has 0 heterocycles. The number of hydrogen-bond acceptors (Lipinski definition) is 2. The van der Waals surface area contributed by atoms with E-state index in [2.05, 4.69) is 22.8 Å². The van der Waals surface area contributed by atoms with Crippen LogP contribution in [0, 0.1) is 5.82 Å². The minimum atomic E-state index is -0.598. The van der Waals surface area contributed by atoms with E-state index in [0.29, 0.717) is 12.5 Å². The van der Waals surface area contributed by atoms with Crippen LogP contribution in [0.25, 0.3) is 0 Å². The zero-order valence-corrected chi connectivity index (χ0v) is 13.9. The fraction of sp³-hybridized carbons (Fsp3) is 0.300. The number of amides is 2. The van der Waals surface area contributed by atoms with Gasteiger partial charge < -0.3 is 10.6 Å². The molecule has 3 rings (SSSR count). The van der Waals surface area contributed by atoms with E-state index in [1.165, 1.54) is 29.3 Å². The van der Waals surface area contributed by atoms with Crippen LogP contribution in [0.4, 0.5) is 4.39 Å². The van der Waals surface area contributed by atoms with E-state index in [9.17, 15) is 14.0 Å². The third-order valence-electron chi connectivity index (χ3n) is 4.57. The number of hydrogen-bond donors (Lipinski definition) is 2. The fourth-order valence-electron chi connectivity index (χ4n) is 3.27. The highest BCUT2D eigenvalue weighted by atomic mass is 19.1. The second-order valence-electron chi connectivity index (χ2n) is 6.25. The molecule has 2 amide bonds. The Bertz CT molecular complexity index is 776. The first-order valence-electron chi connectivity index (χ1n) is 8.52. The second-order valence-corrected chi connectivity index (χ2v) is 6.25. The monoisotopic (exact) mass is 340 g/mol. The van der Waals surface area contributed by atoms with Crippen molar-refractivity contribution in [1.29, 1.82) is 0 Å². The van der Waals surface area contributed by atoms with Gasteiger partial charge in [-0.15, -0.1) is 0 Å². The molecule has 0 aliphatic heterocycles. The maximum atomic E-state index is 13.5. The van der Waals surface area contributed by atoms with Gasteiger partial charge >= 0.3 is 0 Å². The molecule has 1 atom stereocenters. The van der Waals surface area contributed by atoms with Crippen LogP contribution in [-0.4, -0.2) is 24.9 Å². The van der Waals surface area contributed by atoms with Crippen LogP contribution in [0.2, 0.25) is 0 Å². The van der Waals surface area contributed by atoms with Crippen molar-refractivity contribution >= 4 is 11.8 Å². The van der Waals surface area contributed by atoms with Gasteiger partial charge in [-0.2, -0.15) is 0 Å². The molecule has 0 spiro atoms. The zero-order chi connectivity index (χ0) is 17.6. The summed E-state index contributed by atoms with van der Waals surface area (Å²) in [5, 5.41) is 5.32. The summed E-state index contributed by atoms with van der Waals surface area (Å²) in [5.74, 6) is -1.15. The van der Waals surface area contributed by atoms with Crippen molar-refractivity contribution in [3.63, 3.8) is 0 Å². The largest absolute Gasteiger partial charge is 0.354 e. The molecule has 1 aliphatic carbocycles. The van der Waals surface area contributed by atoms with Gasteiger partial charge in [-0.25, -0.2) is 4.39 Å². The molecule has 1 unspecified atom stereocenters. The van der Waals surface area contributed by atoms with Crippen LogP contribution < -0.4 is 10.6 Å². The van der Waals surface area contributed by atoms with Crippen LogP contribution >= 0.6 is 0 Å². The van der Waals surface area contributed by atoms with Crippen molar-refractivity contribution in [3.05, 3.63) is 71.0 Å². The molecule has 0 radical (unpaired) electrons. The minimum Gasteiger partial charge on any atom is -0.354 e. The van der Waals surface area contributed by atoms with E-state index in [1.54, 1.807) is 6.07 Å². The predicted octanol–water partition coefficient (Wildman–Crippen LogP) is 2.79. The summed E-state index contributed by atoms with van der Waals surface area (Å²) in [5.41, 5.74) is 2.59. The van der Waals surface area contributed by atoms with Gasteiger partial charge in [0.25, 0.3) is 5.91 Å². The first kappa shape index (κ1) is 17.1. The summed E-state index contributed by atoms with van der Waals surface area (Å²) in [6.07, 6.45) is 3.24. The number of benzene rings is 2. The van der Waals surface area contributed by atoms with Gasteiger partial charge in [0, 0.05) is 12.5 Å². The third-order valence-corrected chi connectivity index (χ3v) is 4.57. The van der Waals surface area contributed by atoms with Crippen molar-refractivity contribution < 1.29 is 14.0 Å². The van der Waals surface area contributed by atoms with Crippen LogP contribution in [0.1, 0.15) is 40.2 Å². The lowest BCUT2D eigenvalue weighted by atomic mass is 9.83. The fourth-order valence-corrected chi connectivity index (χ4v) is 3.27. The van der Waals surface area contributed by atoms with Gasteiger partial charge in [-0.3, -0.25) is 9.59 Å². The van der Waals surface area contributed by atoms with Crippen LogP contribution in [0.15, 0.2) is 48.5 Å². The zero-order valence-electron chi connectivity index (χ0n) is 13.9. The molecule has 5 heteroatoms. The first-order valence-corrected chi connectivity index (χ1v) is 8.52. The predicted molar refractivity (Wildman–Crippen MR) is 93.9 cm³/mol.